The monoisotopic (exact) mass is 424 g/mol. The first-order valence-corrected chi connectivity index (χ1v) is 11.7. The fraction of sp³-hybridized carbons (Fsp3) is 0.917. The van der Waals surface area contributed by atoms with E-state index in [4.69, 9.17) is 28.4 Å². The molecular weight excluding hydrogens is 384 g/mol. The van der Waals surface area contributed by atoms with E-state index >= 15 is 0 Å². The summed E-state index contributed by atoms with van der Waals surface area (Å²) in [4.78, 5) is 0. The lowest BCUT2D eigenvalue weighted by atomic mass is 9.97. The molecule has 3 heterocycles. The van der Waals surface area contributed by atoms with Crippen molar-refractivity contribution < 1.29 is 28.4 Å². The van der Waals surface area contributed by atoms with E-state index < -0.39 is 23.5 Å². The highest BCUT2D eigenvalue weighted by Crippen LogP contribution is 2.47. The summed E-state index contributed by atoms with van der Waals surface area (Å²) < 4.78 is 36.3. The molecule has 3 fully saturated rings. The normalized spacial score (nSPS) is 33.6. The maximum absolute atomic E-state index is 6.16. The molecule has 0 saturated carbocycles. The number of rotatable bonds is 10. The van der Waals surface area contributed by atoms with E-state index in [-0.39, 0.29) is 18.8 Å². The fourth-order valence-corrected chi connectivity index (χ4v) is 4.50. The van der Waals surface area contributed by atoms with Gasteiger partial charge in [-0.25, -0.2) is 0 Å². The molecule has 3 saturated heterocycles. The van der Waals surface area contributed by atoms with Gasteiger partial charge in [-0.05, 0) is 34.1 Å². The standard InChI is InChI=1S/C24H40O6/c1-6-7-8-9-10-11-12-13-14-15-16-25-18-24-21(29-23(4,5)30-24)20-19(17-26-24)27-22(2,3)28-20/h19-21H,6-13,16-18H2,1-5H3/t19-,20-,21+,24+/m1/s1. The summed E-state index contributed by atoms with van der Waals surface area (Å²) in [5.74, 6) is 3.90. The Morgan fingerprint density at radius 2 is 1.60 bits per heavy atom. The van der Waals surface area contributed by atoms with Crippen molar-refractivity contribution in [2.24, 2.45) is 0 Å². The lowest BCUT2D eigenvalue weighted by Gasteiger charge is -2.40. The molecule has 4 atom stereocenters. The molecule has 0 aromatic carbocycles. The zero-order valence-corrected chi connectivity index (χ0v) is 19.5. The molecule has 0 radical (unpaired) electrons. The maximum Gasteiger partial charge on any atom is 0.224 e. The van der Waals surface area contributed by atoms with Crippen LogP contribution in [0.2, 0.25) is 0 Å². The molecule has 172 valence electrons. The van der Waals surface area contributed by atoms with E-state index in [1.807, 2.05) is 27.7 Å². The van der Waals surface area contributed by atoms with Crippen molar-refractivity contribution >= 4 is 0 Å². The van der Waals surface area contributed by atoms with Crippen LogP contribution in [0.25, 0.3) is 0 Å². The second kappa shape index (κ2) is 10.3. The van der Waals surface area contributed by atoms with Crippen molar-refractivity contribution in [3.05, 3.63) is 0 Å². The highest BCUT2D eigenvalue weighted by molar-refractivity contribution is 5.04. The number of ether oxygens (including phenoxy) is 6. The largest absolute Gasteiger partial charge is 0.363 e. The van der Waals surface area contributed by atoms with Gasteiger partial charge in [0, 0.05) is 6.42 Å². The summed E-state index contributed by atoms with van der Waals surface area (Å²) in [5.41, 5.74) is 0. The van der Waals surface area contributed by atoms with Crippen LogP contribution in [0, 0.1) is 11.8 Å². The summed E-state index contributed by atoms with van der Waals surface area (Å²) in [7, 11) is 0. The summed E-state index contributed by atoms with van der Waals surface area (Å²) in [6.07, 6.45) is 9.21. The molecule has 3 aliphatic heterocycles. The third-order valence-electron chi connectivity index (χ3n) is 5.78. The van der Waals surface area contributed by atoms with E-state index in [0.29, 0.717) is 13.2 Å². The molecule has 0 aromatic heterocycles. The van der Waals surface area contributed by atoms with Crippen LogP contribution in [0.4, 0.5) is 0 Å². The molecule has 30 heavy (non-hydrogen) atoms. The zero-order chi connectivity index (χ0) is 21.7. The van der Waals surface area contributed by atoms with Gasteiger partial charge in [-0.2, -0.15) is 0 Å². The Morgan fingerprint density at radius 1 is 0.867 bits per heavy atom. The molecule has 6 heteroatoms. The van der Waals surface area contributed by atoms with Crippen molar-refractivity contribution in [1.29, 1.82) is 0 Å². The van der Waals surface area contributed by atoms with Gasteiger partial charge in [-0.1, -0.05) is 51.4 Å². The number of fused-ring (bicyclic) bond motifs is 3. The highest BCUT2D eigenvalue weighted by Gasteiger charge is 2.65. The molecule has 0 amide bonds. The van der Waals surface area contributed by atoms with Crippen molar-refractivity contribution in [3.8, 4) is 11.8 Å². The van der Waals surface area contributed by atoms with Gasteiger partial charge in [-0.3, -0.25) is 0 Å². The molecule has 0 spiro atoms. The van der Waals surface area contributed by atoms with E-state index in [2.05, 4.69) is 18.8 Å². The molecule has 0 unspecified atom stereocenters. The van der Waals surface area contributed by atoms with Crippen LogP contribution in [-0.4, -0.2) is 55.5 Å². The van der Waals surface area contributed by atoms with Gasteiger partial charge in [-0.15, -0.1) is 5.92 Å². The summed E-state index contributed by atoms with van der Waals surface area (Å²) in [6, 6.07) is 0. The van der Waals surface area contributed by atoms with Crippen molar-refractivity contribution in [2.45, 2.75) is 122 Å². The Kier molecular flexibility index (Phi) is 8.22. The predicted molar refractivity (Wildman–Crippen MR) is 114 cm³/mol. The lowest BCUT2D eigenvalue weighted by Crippen LogP contribution is -2.60. The van der Waals surface area contributed by atoms with Crippen molar-refractivity contribution in [1.82, 2.24) is 0 Å². The minimum absolute atomic E-state index is 0.169. The van der Waals surface area contributed by atoms with Gasteiger partial charge in [0.25, 0.3) is 0 Å². The van der Waals surface area contributed by atoms with Gasteiger partial charge in [0.15, 0.2) is 11.6 Å². The van der Waals surface area contributed by atoms with Gasteiger partial charge in [0.05, 0.1) is 6.61 Å². The van der Waals surface area contributed by atoms with Crippen LogP contribution >= 0.6 is 0 Å². The molecule has 6 nitrogen and oxygen atoms in total. The summed E-state index contributed by atoms with van der Waals surface area (Å²) in [5, 5.41) is 0. The zero-order valence-electron chi connectivity index (χ0n) is 19.5. The number of hydrogen-bond acceptors (Lipinski definition) is 6. The van der Waals surface area contributed by atoms with Crippen LogP contribution in [0.3, 0.4) is 0 Å². The topological polar surface area (TPSA) is 55.4 Å². The first-order valence-electron chi connectivity index (χ1n) is 11.7. The Labute approximate surface area is 182 Å². The minimum Gasteiger partial charge on any atom is -0.363 e. The van der Waals surface area contributed by atoms with E-state index in [9.17, 15) is 0 Å². The predicted octanol–water partition coefficient (Wildman–Crippen LogP) is 4.55. The van der Waals surface area contributed by atoms with Gasteiger partial charge >= 0.3 is 0 Å². The van der Waals surface area contributed by atoms with Gasteiger partial charge < -0.3 is 28.4 Å². The SMILES string of the molecule is CCCCCCCCCC#CCOC[C@@]12OC[C@H]3OC(C)(C)O[C@H]3[C@@H]1OC(C)(C)O2. The first kappa shape index (κ1) is 24.0. The van der Waals surface area contributed by atoms with Crippen LogP contribution < -0.4 is 0 Å². The smallest absolute Gasteiger partial charge is 0.224 e. The maximum atomic E-state index is 6.16. The summed E-state index contributed by atoms with van der Waals surface area (Å²) >= 11 is 0. The molecule has 0 aromatic rings. The molecule has 0 N–H and O–H groups in total. The molecule has 3 rings (SSSR count). The Hall–Kier alpha value is -0.680. The quantitative estimate of drug-likeness (QED) is 0.379. The molecule has 0 aliphatic carbocycles. The van der Waals surface area contributed by atoms with E-state index in [1.165, 1.54) is 38.5 Å². The minimum atomic E-state index is -0.991. The number of hydrogen-bond donors (Lipinski definition) is 0. The number of unbranched alkanes of at least 4 members (excludes halogenated alkanes) is 7. The van der Waals surface area contributed by atoms with Gasteiger partial charge in [0.2, 0.25) is 5.79 Å². The van der Waals surface area contributed by atoms with Crippen LogP contribution in [0.1, 0.15) is 86.0 Å². The van der Waals surface area contributed by atoms with E-state index in [0.717, 1.165) is 12.8 Å². The van der Waals surface area contributed by atoms with Crippen LogP contribution in [-0.2, 0) is 28.4 Å². The van der Waals surface area contributed by atoms with Crippen molar-refractivity contribution in [3.63, 3.8) is 0 Å². The third-order valence-corrected chi connectivity index (χ3v) is 5.78. The molecule has 3 aliphatic rings. The molecular formula is C24H40O6. The Bertz CT molecular complexity index is 607. The lowest BCUT2D eigenvalue weighted by molar-refractivity contribution is -0.297. The molecule has 0 bridgehead atoms. The fourth-order valence-electron chi connectivity index (χ4n) is 4.50. The Morgan fingerprint density at radius 3 is 2.37 bits per heavy atom. The van der Waals surface area contributed by atoms with Crippen LogP contribution in [0.5, 0.6) is 0 Å². The Balaban J connectivity index is 1.41. The average molecular weight is 425 g/mol. The highest BCUT2D eigenvalue weighted by atomic mass is 16.9. The second-order valence-corrected chi connectivity index (χ2v) is 9.52. The second-order valence-electron chi connectivity index (χ2n) is 9.52. The van der Waals surface area contributed by atoms with E-state index in [1.54, 1.807) is 0 Å². The summed E-state index contributed by atoms with van der Waals surface area (Å²) in [6.45, 7) is 10.8. The van der Waals surface area contributed by atoms with Crippen molar-refractivity contribution in [2.75, 3.05) is 19.8 Å². The third kappa shape index (κ3) is 6.18. The van der Waals surface area contributed by atoms with Crippen LogP contribution in [0.15, 0.2) is 0 Å². The van der Waals surface area contributed by atoms with Gasteiger partial charge in [0.1, 0.15) is 31.5 Å². The average Bonchev–Trinajstić information content (AvgIpc) is 3.14. The first-order chi connectivity index (χ1) is 14.3.